The number of nitrogens with one attached hydrogen (secondary N) is 1. The molecule has 40 heavy (non-hydrogen) atoms. The molecule has 0 fully saturated rings. The lowest BCUT2D eigenvalue weighted by atomic mass is 9.90. The van der Waals surface area contributed by atoms with Crippen LogP contribution in [0.2, 0.25) is 0 Å². The van der Waals surface area contributed by atoms with E-state index in [0.717, 1.165) is 33.5 Å². The van der Waals surface area contributed by atoms with Gasteiger partial charge in [-0.15, -0.1) is 0 Å². The van der Waals surface area contributed by atoms with Crippen molar-refractivity contribution >= 4 is 28.8 Å². The van der Waals surface area contributed by atoms with Crippen molar-refractivity contribution in [2.75, 3.05) is 0 Å². The number of halogens is 1. The number of hydrogen-bond acceptors (Lipinski definition) is 6. The van der Waals surface area contributed by atoms with Crippen molar-refractivity contribution in [3.05, 3.63) is 129 Å². The zero-order chi connectivity index (χ0) is 28.2. The fourth-order valence-electron chi connectivity index (χ4n) is 4.89. The minimum atomic E-state index is -0.498. The van der Waals surface area contributed by atoms with Crippen molar-refractivity contribution in [3.63, 3.8) is 0 Å². The molecule has 2 aliphatic heterocycles. The SMILES string of the molecule is CC1=C(C(=O)OCc2ccccc2)[C@@H](c2ccc(C)cc2C)N2C(CC(=O)NCc3ccc(F)cc3)=CSC2=N1. The van der Waals surface area contributed by atoms with Gasteiger partial charge in [0.2, 0.25) is 5.91 Å². The second kappa shape index (κ2) is 11.9. The Morgan fingerprint density at radius 1 is 1.00 bits per heavy atom. The molecule has 1 amide bonds. The number of carbonyl (C=O) groups excluding carboxylic acids is 2. The number of benzene rings is 3. The lowest BCUT2D eigenvalue weighted by Gasteiger charge is -2.37. The van der Waals surface area contributed by atoms with Crippen LogP contribution in [0, 0.1) is 19.7 Å². The Hall–Kier alpha value is -4.17. The number of esters is 1. The topological polar surface area (TPSA) is 71.0 Å². The second-order valence-corrected chi connectivity index (χ2v) is 10.7. The summed E-state index contributed by atoms with van der Waals surface area (Å²) in [6.45, 7) is 6.32. The third-order valence-electron chi connectivity index (χ3n) is 6.90. The molecule has 0 unspecified atom stereocenters. The first kappa shape index (κ1) is 27.4. The van der Waals surface area contributed by atoms with Crippen LogP contribution in [0.25, 0.3) is 0 Å². The summed E-state index contributed by atoms with van der Waals surface area (Å²) in [6, 6.07) is 21.2. The predicted octanol–water partition coefficient (Wildman–Crippen LogP) is 6.47. The van der Waals surface area contributed by atoms with Gasteiger partial charge in [0.1, 0.15) is 12.4 Å². The quantitative estimate of drug-likeness (QED) is 0.323. The van der Waals surface area contributed by atoms with Gasteiger partial charge in [0.25, 0.3) is 0 Å². The summed E-state index contributed by atoms with van der Waals surface area (Å²) in [5.41, 5.74) is 6.59. The number of amidine groups is 1. The Bertz CT molecular complexity index is 1530. The molecule has 3 aromatic rings. The molecule has 0 spiro atoms. The Morgan fingerprint density at radius 2 is 1.75 bits per heavy atom. The lowest BCUT2D eigenvalue weighted by molar-refractivity contribution is -0.141. The van der Waals surface area contributed by atoms with E-state index in [1.54, 1.807) is 12.1 Å². The van der Waals surface area contributed by atoms with E-state index >= 15 is 0 Å². The number of fused-ring (bicyclic) bond motifs is 1. The summed E-state index contributed by atoms with van der Waals surface area (Å²) in [4.78, 5) is 33.4. The minimum Gasteiger partial charge on any atom is -0.457 e. The van der Waals surface area contributed by atoms with Gasteiger partial charge < -0.3 is 15.0 Å². The lowest BCUT2D eigenvalue weighted by Crippen LogP contribution is -2.38. The molecule has 0 aliphatic carbocycles. The van der Waals surface area contributed by atoms with E-state index < -0.39 is 12.0 Å². The number of ether oxygens (including phenoxy) is 1. The highest BCUT2D eigenvalue weighted by Gasteiger charge is 2.41. The molecule has 0 radical (unpaired) electrons. The van der Waals surface area contributed by atoms with E-state index in [1.807, 2.05) is 73.5 Å². The van der Waals surface area contributed by atoms with Crippen molar-refractivity contribution in [3.8, 4) is 0 Å². The molecule has 2 aliphatic rings. The molecule has 0 bridgehead atoms. The Labute approximate surface area is 237 Å². The van der Waals surface area contributed by atoms with E-state index in [1.165, 1.54) is 23.9 Å². The van der Waals surface area contributed by atoms with Gasteiger partial charge in [0, 0.05) is 12.2 Å². The number of thioether (sulfide) groups is 1. The zero-order valence-electron chi connectivity index (χ0n) is 22.6. The van der Waals surface area contributed by atoms with Gasteiger partial charge >= 0.3 is 5.97 Å². The zero-order valence-corrected chi connectivity index (χ0v) is 23.4. The molecule has 204 valence electrons. The van der Waals surface area contributed by atoms with Crippen LogP contribution in [-0.4, -0.2) is 21.9 Å². The van der Waals surface area contributed by atoms with Gasteiger partial charge in [-0.1, -0.05) is 78.0 Å². The van der Waals surface area contributed by atoms with Crippen LogP contribution >= 0.6 is 11.8 Å². The third-order valence-corrected chi connectivity index (χ3v) is 7.79. The molecule has 8 heteroatoms. The smallest absolute Gasteiger partial charge is 0.338 e. The van der Waals surface area contributed by atoms with Crippen LogP contribution in [0.3, 0.4) is 0 Å². The molecule has 0 aromatic heterocycles. The van der Waals surface area contributed by atoms with Gasteiger partial charge in [-0.3, -0.25) is 4.79 Å². The van der Waals surface area contributed by atoms with Gasteiger partial charge in [-0.2, -0.15) is 0 Å². The van der Waals surface area contributed by atoms with Gasteiger partial charge in [0.05, 0.1) is 23.7 Å². The fourth-order valence-corrected chi connectivity index (χ4v) is 5.85. The van der Waals surface area contributed by atoms with E-state index in [2.05, 4.69) is 11.4 Å². The first-order chi connectivity index (χ1) is 19.3. The first-order valence-corrected chi connectivity index (χ1v) is 13.9. The van der Waals surface area contributed by atoms with E-state index in [9.17, 15) is 14.0 Å². The monoisotopic (exact) mass is 555 g/mol. The van der Waals surface area contributed by atoms with Gasteiger partial charge in [0.15, 0.2) is 5.17 Å². The first-order valence-electron chi connectivity index (χ1n) is 13.0. The highest BCUT2D eigenvalue weighted by atomic mass is 32.2. The molecule has 1 atom stereocenters. The normalized spacial score (nSPS) is 16.3. The Balaban J connectivity index is 1.41. The third kappa shape index (κ3) is 6.02. The van der Waals surface area contributed by atoms with Crippen LogP contribution in [0.5, 0.6) is 0 Å². The highest BCUT2D eigenvalue weighted by Crippen LogP contribution is 2.45. The van der Waals surface area contributed by atoms with Crippen LogP contribution < -0.4 is 5.32 Å². The van der Waals surface area contributed by atoms with Crippen LogP contribution in [-0.2, 0) is 27.5 Å². The average Bonchev–Trinajstić information content (AvgIpc) is 3.33. The van der Waals surface area contributed by atoms with E-state index in [-0.39, 0.29) is 31.3 Å². The number of hydrogen-bond donors (Lipinski definition) is 1. The summed E-state index contributed by atoms with van der Waals surface area (Å²) in [5, 5.41) is 5.54. The van der Waals surface area contributed by atoms with Crippen molar-refractivity contribution in [1.82, 2.24) is 10.2 Å². The number of rotatable bonds is 8. The number of aliphatic imine (C=N–C) groups is 1. The number of allylic oxidation sites excluding steroid dienone is 1. The van der Waals surface area contributed by atoms with Crippen LogP contribution in [0.4, 0.5) is 4.39 Å². The fraction of sp³-hybridized carbons (Fsp3) is 0.219. The maximum absolute atomic E-state index is 13.6. The summed E-state index contributed by atoms with van der Waals surface area (Å²) in [6.07, 6.45) is 0.0972. The van der Waals surface area contributed by atoms with Crippen molar-refractivity contribution in [2.45, 2.75) is 46.4 Å². The maximum Gasteiger partial charge on any atom is 0.338 e. The Kier molecular flexibility index (Phi) is 8.16. The van der Waals surface area contributed by atoms with Crippen molar-refractivity contribution in [1.29, 1.82) is 0 Å². The highest BCUT2D eigenvalue weighted by molar-refractivity contribution is 8.16. The standard InChI is InChI=1S/C32H30FN3O3S/c1-20-9-14-27(21(2)15-20)30-29(31(38)39-18-24-7-5-4-6-8-24)22(3)35-32-36(30)26(19-40-32)16-28(37)34-17-23-10-12-25(33)13-11-23/h4-15,19,30H,16-18H2,1-3H3,(H,34,37)/t30-/m1/s1. The molecule has 0 saturated carbocycles. The Morgan fingerprint density at radius 3 is 2.48 bits per heavy atom. The van der Waals surface area contributed by atoms with E-state index in [0.29, 0.717) is 16.4 Å². The van der Waals surface area contributed by atoms with E-state index in [4.69, 9.17) is 9.73 Å². The molecule has 6 nitrogen and oxygen atoms in total. The maximum atomic E-state index is 13.6. The molecular weight excluding hydrogens is 525 g/mol. The van der Waals surface area contributed by atoms with Crippen LogP contribution in [0.1, 0.15) is 47.2 Å². The molecule has 1 N–H and O–H groups in total. The van der Waals surface area contributed by atoms with Gasteiger partial charge in [-0.25, -0.2) is 14.2 Å². The summed E-state index contributed by atoms with van der Waals surface area (Å²) < 4.78 is 19.0. The average molecular weight is 556 g/mol. The van der Waals surface area contributed by atoms with Crippen molar-refractivity contribution in [2.24, 2.45) is 4.99 Å². The number of nitrogens with zero attached hydrogens (tertiary/aromatic N) is 2. The molecule has 3 aromatic carbocycles. The number of amides is 1. The predicted molar refractivity (Wildman–Crippen MR) is 155 cm³/mol. The largest absolute Gasteiger partial charge is 0.457 e. The molecule has 2 heterocycles. The van der Waals surface area contributed by atoms with Crippen LogP contribution in [0.15, 0.2) is 100 Å². The summed E-state index contributed by atoms with van der Waals surface area (Å²) in [5.74, 6) is -0.943. The summed E-state index contributed by atoms with van der Waals surface area (Å²) >= 11 is 1.43. The second-order valence-electron chi connectivity index (χ2n) is 9.89. The number of aryl methyl sites for hydroxylation is 2. The number of carbonyl (C=O) groups is 2. The van der Waals surface area contributed by atoms with Crippen molar-refractivity contribution < 1.29 is 18.7 Å². The molecule has 5 rings (SSSR count). The summed E-state index contributed by atoms with van der Waals surface area (Å²) in [7, 11) is 0. The molecular formula is C32H30FN3O3S. The minimum absolute atomic E-state index is 0.0972. The molecule has 0 saturated heterocycles. The van der Waals surface area contributed by atoms with Gasteiger partial charge in [-0.05, 0) is 60.6 Å².